The molecule has 0 N–H and O–H groups in total. The Bertz CT molecular complexity index is 1240. The smallest absolute Gasteiger partial charge is 0.216 e. The minimum Gasteiger partial charge on any atom is -0.216 e. The summed E-state index contributed by atoms with van der Waals surface area (Å²) in [4.78, 5) is 9.09. The third kappa shape index (κ3) is 4.03. The zero-order valence-electron chi connectivity index (χ0n) is 16.2. The van der Waals surface area contributed by atoms with Gasteiger partial charge in [-0.25, -0.2) is 17.9 Å². The van der Waals surface area contributed by atoms with Crippen molar-refractivity contribution in [1.82, 2.24) is 23.9 Å². The largest absolute Gasteiger partial charge is 0.252 e. The summed E-state index contributed by atoms with van der Waals surface area (Å²) in [7, 11) is -3.73. The molecule has 2 aromatic heterocycles. The molecule has 148 valence electrons. The van der Waals surface area contributed by atoms with E-state index in [4.69, 9.17) is 0 Å². The van der Waals surface area contributed by atoms with Gasteiger partial charge in [-0.1, -0.05) is 48.5 Å². The Morgan fingerprint density at radius 2 is 1.55 bits per heavy atom. The van der Waals surface area contributed by atoms with Gasteiger partial charge in [0.1, 0.15) is 0 Å². The average molecular weight is 407 g/mol. The maximum Gasteiger partial charge on any atom is 0.252 e. The molecule has 0 fully saturated rings. The SMILES string of the molecule is Cc1cc(C)n2nc(CN(Cc3ccccc3)S(=O)(=O)c3ccccc3)nc2n1. The van der Waals surface area contributed by atoms with Crippen molar-refractivity contribution in [2.24, 2.45) is 0 Å². The number of hydrogen-bond donors (Lipinski definition) is 0. The lowest BCUT2D eigenvalue weighted by Gasteiger charge is -2.21. The van der Waals surface area contributed by atoms with Crippen LogP contribution in [0.5, 0.6) is 0 Å². The van der Waals surface area contributed by atoms with Gasteiger partial charge in [0.15, 0.2) is 5.82 Å². The van der Waals surface area contributed by atoms with Crippen molar-refractivity contribution >= 4 is 15.8 Å². The van der Waals surface area contributed by atoms with Gasteiger partial charge in [0.25, 0.3) is 5.78 Å². The molecule has 2 heterocycles. The van der Waals surface area contributed by atoms with Gasteiger partial charge < -0.3 is 0 Å². The molecule has 0 radical (unpaired) electrons. The van der Waals surface area contributed by atoms with Crippen LogP contribution in [0.15, 0.2) is 71.6 Å². The van der Waals surface area contributed by atoms with Gasteiger partial charge in [0, 0.05) is 17.9 Å². The number of sulfonamides is 1. The molecule has 29 heavy (non-hydrogen) atoms. The lowest BCUT2D eigenvalue weighted by Crippen LogP contribution is -2.30. The molecule has 4 aromatic rings. The van der Waals surface area contributed by atoms with E-state index in [0.29, 0.717) is 11.6 Å². The van der Waals surface area contributed by atoms with Gasteiger partial charge in [-0.2, -0.15) is 9.29 Å². The van der Waals surface area contributed by atoms with Crippen LogP contribution in [0.2, 0.25) is 0 Å². The molecule has 0 aliphatic rings. The highest BCUT2D eigenvalue weighted by atomic mass is 32.2. The van der Waals surface area contributed by atoms with Crippen LogP contribution in [0.3, 0.4) is 0 Å². The summed E-state index contributed by atoms with van der Waals surface area (Å²) in [5.74, 6) is 0.871. The normalized spacial score (nSPS) is 12.0. The topological polar surface area (TPSA) is 80.5 Å². The second-order valence-electron chi connectivity index (χ2n) is 6.85. The van der Waals surface area contributed by atoms with Crippen molar-refractivity contribution in [1.29, 1.82) is 0 Å². The van der Waals surface area contributed by atoms with Crippen LogP contribution >= 0.6 is 0 Å². The Balaban J connectivity index is 1.73. The maximum atomic E-state index is 13.3. The number of nitrogens with zero attached hydrogens (tertiary/aromatic N) is 5. The molecular formula is C21H21N5O2S. The predicted octanol–water partition coefficient (Wildman–Crippen LogP) is 3.13. The first-order valence-electron chi connectivity index (χ1n) is 9.22. The zero-order chi connectivity index (χ0) is 20.4. The monoisotopic (exact) mass is 407 g/mol. The minimum atomic E-state index is -3.73. The molecule has 8 heteroatoms. The van der Waals surface area contributed by atoms with E-state index in [0.717, 1.165) is 17.0 Å². The standard InChI is InChI=1S/C21H21N5O2S/c1-16-13-17(2)26-21(22-16)23-20(24-26)15-25(14-18-9-5-3-6-10-18)29(27,28)19-11-7-4-8-12-19/h3-13H,14-15H2,1-2H3. The third-order valence-electron chi connectivity index (χ3n) is 4.56. The van der Waals surface area contributed by atoms with E-state index in [1.165, 1.54) is 4.31 Å². The number of rotatable bonds is 6. The van der Waals surface area contributed by atoms with Gasteiger partial charge in [-0.05, 0) is 37.6 Å². The summed E-state index contributed by atoms with van der Waals surface area (Å²) >= 11 is 0. The molecule has 0 atom stereocenters. The highest BCUT2D eigenvalue weighted by molar-refractivity contribution is 7.89. The molecule has 4 rings (SSSR count). The van der Waals surface area contributed by atoms with E-state index in [1.54, 1.807) is 34.8 Å². The first-order valence-corrected chi connectivity index (χ1v) is 10.7. The highest BCUT2D eigenvalue weighted by Gasteiger charge is 2.26. The second kappa shape index (κ2) is 7.73. The van der Waals surface area contributed by atoms with Crippen molar-refractivity contribution < 1.29 is 8.42 Å². The fourth-order valence-corrected chi connectivity index (χ4v) is 4.59. The molecule has 0 amide bonds. The molecule has 2 aromatic carbocycles. The van der Waals surface area contributed by atoms with Gasteiger partial charge in [0.05, 0.1) is 11.4 Å². The predicted molar refractivity (Wildman–Crippen MR) is 110 cm³/mol. The average Bonchev–Trinajstić information content (AvgIpc) is 3.12. The second-order valence-corrected chi connectivity index (χ2v) is 8.79. The number of benzene rings is 2. The zero-order valence-corrected chi connectivity index (χ0v) is 17.0. The molecule has 0 aliphatic carbocycles. The Morgan fingerprint density at radius 3 is 2.24 bits per heavy atom. The number of fused-ring (bicyclic) bond motifs is 1. The van der Waals surface area contributed by atoms with Crippen molar-refractivity contribution in [3.05, 3.63) is 89.5 Å². The summed E-state index contributed by atoms with van der Waals surface area (Å²) in [5.41, 5.74) is 2.62. The van der Waals surface area contributed by atoms with Crippen molar-refractivity contribution in [2.75, 3.05) is 0 Å². The van der Waals surface area contributed by atoms with E-state index in [1.807, 2.05) is 50.2 Å². The van der Waals surface area contributed by atoms with Crippen LogP contribution in [0.1, 0.15) is 22.8 Å². The van der Waals surface area contributed by atoms with Crippen LogP contribution in [0.25, 0.3) is 5.78 Å². The quantitative estimate of drug-likeness (QED) is 0.491. The van der Waals surface area contributed by atoms with Crippen LogP contribution in [-0.4, -0.2) is 32.3 Å². The molecule has 0 unspecified atom stereocenters. The molecule has 0 spiro atoms. The van der Waals surface area contributed by atoms with Crippen LogP contribution in [0.4, 0.5) is 0 Å². The molecular weight excluding hydrogens is 386 g/mol. The highest BCUT2D eigenvalue weighted by Crippen LogP contribution is 2.20. The molecule has 0 aliphatic heterocycles. The summed E-state index contributed by atoms with van der Waals surface area (Å²) < 4.78 is 29.7. The lowest BCUT2D eigenvalue weighted by atomic mass is 10.2. The van der Waals surface area contributed by atoms with Gasteiger partial charge in [0.2, 0.25) is 10.0 Å². The molecule has 7 nitrogen and oxygen atoms in total. The third-order valence-corrected chi connectivity index (χ3v) is 6.37. The number of aromatic nitrogens is 4. The fraction of sp³-hybridized carbons (Fsp3) is 0.190. The van der Waals surface area contributed by atoms with E-state index in [-0.39, 0.29) is 18.0 Å². The fourth-order valence-electron chi connectivity index (χ4n) is 3.19. The lowest BCUT2D eigenvalue weighted by molar-refractivity contribution is 0.392. The first-order chi connectivity index (χ1) is 13.9. The molecule has 0 bridgehead atoms. The Labute approximate surface area is 169 Å². The van der Waals surface area contributed by atoms with Gasteiger partial charge in [-0.3, -0.25) is 0 Å². The number of aryl methyl sites for hydroxylation is 2. The van der Waals surface area contributed by atoms with E-state index < -0.39 is 10.0 Å². The summed E-state index contributed by atoms with van der Waals surface area (Å²) in [6.07, 6.45) is 0. The summed E-state index contributed by atoms with van der Waals surface area (Å²) in [6, 6.07) is 19.8. The van der Waals surface area contributed by atoms with Crippen molar-refractivity contribution in [3.8, 4) is 0 Å². The Kier molecular flexibility index (Phi) is 5.12. The first kappa shape index (κ1) is 19.2. The van der Waals surface area contributed by atoms with E-state index >= 15 is 0 Å². The van der Waals surface area contributed by atoms with Crippen molar-refractivity contribution in [3.63, 3.8) is 0 Å². The van der Waals surface area contributed by atoms with Crippen LogP contribution in [0, 0.1) is 13.8 Å². The van der Waals surface area contributed by atoms with Gasteiger partial charge in [-0.15, -0.1) is 5.10 Å². The van der Waals surface area contributed by atoms with E-state index in [2.05, 4.69) is 15.1 Å². The Hall–Kier alpha value is -3.10. The van der Waals surface area contributed by atoms with Crippen LogP contribution in [-0.2, 0) is 23.1 Å². The van der Waals surface area contributed by atoms with Gasteiger partial charge >= 0.3 is 0 Å². The Morgan fingerprint density at radius 1 is 0.897 bits per heavy atom. The molecule has 0 saturated carbocycles. The molecule has 0 saturated heterocycles. The minimum absolute atomic E-state index is 0.0496. The van der Waals surface area contributed by atoms with Crippen LogP contribution < -0.4 is 0 Å². The van der Waals surface area contributed by atoms with Crippen molar-refractivity contribution in [2.45, 2.75) is 31.8 Å². The summed E-state index contributed by atoms with van der Waals surface area (Å²) in [6.45, 7) is 4.08. The maximum absolute atomic E-state index is 13.3. The van der Waals surface area contributed by atoms with E-state index in [9.17, 15) is 8.42 Å². The number of hydrogen-bond acceptors (Lipinski definition) is 5. The summed E-state index contributed by atoms with van der Waals surface area (Å²) in [5, 5.41) is 4.48.